The minimum atomic E-state index is -2.62. The molecule has 2 aromatic carbocycles. The average molecular weight is 568 g/mol. The summed E-state index contributed by atoms with van der Waals surface area (Å²) >= 11 is 3.79. The number of anilines is 1. The van der Waals surface area contributed by atoms with Crippen LogP contribution in [0.1, 0.15) is 30.0 Å². The molecule has 2 aromatic heterocycles. The van der Waals surface area contributed by atoms with E-state index >= 15 is 4.39 Å². The lowest BCUT2D eigenvalue weighted by Gasteiger charge is -2.23. The van der Waals surface area contributed by atoms with Crippen LogP contribution in [0, 0.1) is 5.82 Å². The number of benzene rings is 2. The summed E-state index contributed by atoms with van der Waals surface area (Å²) < 4.78 is 46.7. The van der Waals surface area contributed by atoms with Gasteiger partial charge in [0.2, 0.25) is 11.8 Å². The van der Waals surface area contributed by atoms with Gasteiger partial charge in [-0.1, -0.05) is 48.0 Å². The van der Waals surface area contributed by atoms with Crippen LogP contribution in [0.5, 0.6) is 11.6 Å². The van der Waals surface area contributed by atoms with Gasteiger partial charge in [-0.15, -0.1) is 0 Å². The minimum absolute atomic E-state index is 0.127. The third-order valence-corrected chi connectivity index (χ3v) is 7.09. The van der Waals surface area contributed by atoms with Crippen molar-refractivity contribution in [2.75, 3.05) is 18.4 Å². The quantitative estimate of drug-likeness (QED) is 0.247. The molecule has 0 bridgehead atoms. The number of pyridine rings is 1. The zero-order valence-corrected chi connectivity index (χ0v) is 22.2. The number of piperidine rings is 1. The molecule has 5 rings (SSSR count). The maximum absolute atomic E-state index is 15.5. The summed E-state index contributed by atoms with van der Waals surface area (Å²) in [5.74, 6) is -0.410. The summed E-state index contributed by atoms with van der Waals surface area (Å²) in [4.78, 5) is 13.2. The average Bonchev–Trinajstić information content (AvgIpc) is 2.96. The predicted molar refractivity (Wildman–Crippen MR) is 147 cm³/mol. The van der Waals surface area contributed by atoms with Crippen LogP contribution in [0.25, 0.3) is 11.3 Å². The third kappa shape index (κ3) is 6.57. The first-order chi connectivity index (χ1) is 19.0. The first-order valence-corrected chi connectivity index (χ1v) is 13.8. The highest BCUT2D eigenvalue weighted by atomic mass is 35.5. The molecule has 1 aliphatic heterocycles. The van der Waals surface area contributed by atoms with E-state index in [2.05, 4.69) is 30.3 Å². The topological polar surface area (TPSA) is 124 Å². The minimum Gasteiger partial charge on any atom is -0.760 e. The summed E-state index contributed by atoms with van der Waals surface area (Å²) in [6.45, 7) is 1.83. The standard InChI is InChI=1S/C27H26ClFN6O3S/c28-23-20(25(35-39(36)37)17-6-2-1-3-7-17)10-11-22(24(23)29)38-26-19(9-5-14-31-26)21-12-15-32-27(34-21)33-18-8-4-13-30-16-18/h1-3,5-7,9-12,14-15,18,25,30,35H,4,8,13,16H2,(H,36,37)(H,32,33,34)/p-1/t18-,25-/m0/s1. The molecule has 1 unspecified atom stereocenters. The zero-order valence-electron chi connectivity index (χ0n) is 20.6. The van der Waals surface area contributed by atoms with Crippen LogP contribution in [0.2, 0.25) is 5.02 Å². The molecule has 3 atom stereocenters. The van der Waals surface area contributed by atoms with E-state index in [0.29, 0.717) is 22.8 Å². The van der Waals surface area contributed by atoms with Gasteiger partial charge >= 0.3 is 0 Å². The maximum atomic E-state index is 15.5. The van der Waals surface area contributed by atoms with E-state index < -0.39 is 23.1 Å². The van der Waals surface area contributed by atoms with Gasteiger partial charge in [0.1, 0.15) is 0 Å². The van der Waals surface area contributed by atoms with Crippen LogP contribution >= 0.6 is 11.6 Å². The van der Waals surface area contributed by atoms with Gasteiger partial charge in [-0.3, -0.25) is 4.21 Å². The molecule has 39 heavy (non-hydrogen) atoms. The Hall–Kier alpha value is -3.48. The molecule has 1 aliphatic rings. The van der Waals surface area contributed by atoms with E-state index in [-0.39, 0.29) is 28.3 Å². The number of nitrogens with one attached hydrogen (secondary N) is 3. The van der Waals surface area contributed by atoms with Gasteiger partial charge in [0.15, 0.2) is 11.6 Å². The van der Waals surface area contributed by atoms with Gasteiger partial charge in [-0.25, -0.2) is 24.1 Å². The molecular formula is C27H25ClFN6O3S-. The van der Waals surface area contributed by atoms with Crippen molar-refractivity contribution in [1.82, 2.24) is 25.0 Å². The number of rotatable bonds is 9. The predicted octanol–water partition coefficient (Wildman–Crippen LogP) is 4.76. The molecule has 12 heteroatoms. The largest absolute Gasteiger partial charge is 0.760 e. The Kier molecular flexibility index (Phi) is 8.74. The molecule has 0 radical (unpaired) electrons. The smallest absolute Gasteiger partial charge is 0.228 e. The molecule has 1 saturated heterocycles. The number of halogens is 2. The molecule has 202 valence electrons. The highest BCUT2D eigenvalue weighted by Gasteiger charge is 2.23. The highest BCUT2D eigenvalue weighted by Crippen LogP contribution is 2.38. The van der Waals surface area contributed by atoms with Crippen LogP contribution in [-0.2, 0) is 11.3 Å². The molecule has 9 nitrogen and oxygen atoms in total. The van der Waals surface area contributed by atoms with Gasteiger partial charge < -0.3 is 19.9 Å². The summed E-state index contributed by atoms with van der Waals surface area (Å²) in [6.07, 6.45) is 5.26. The first-order valence-electron chi connectivity index (χ1n) is 12.3. The number of hydrogen-bond donors (Lipinski definition) is 3. The fourth-order valence-corrected chi connectivity index (χ4v) is 5.13. The Labute approximate surface area is 232 Å². The molecule has 0 aliphatic carbocycles. The summed E-state index contributed by atoms with van der Waals surface area (Å²) in [5, 5.41) is 6.42. The van der Waals surface area contributed by atoms with E-state index in [0.717, 1.165) is 25.9 Å². The Balaban J connectivity index is 1.42. The lowest BCUT2D eigenvalue weighted by Crippen LogP contribution is -2.38. The van der Waals surface area contributed by atoms with E-state index in [1.54, 1.807) is 54.7 Å². The van der Waals surface area contributed by atoms with Crippen molar-refractivity contribution < 1.29 is 17.9 Å². The number of nitrogens with zero attached hydrogens (tertiary/aromatic N) is 3. The molecule has 3 N–H and O–H groups in total. The second-order valence-corrected chi connectivity index (χ2v) is 9.97. The van der Waals surface area contributed by atoms with Gasteiger partial charge in [-0.2, -0.15) is 0 Å². The van der Waals surface area contributed by atoms with E-state index in [1.165, 1.54) is 18.3 Å². The number of aromatic nitrogens is 3. The Morgan fingerprint density at radius 3 is 2.72 bits per heavy atom. The van der Waals surface area contributed by atoms with Crippen molar-refractivity contribution >= 4 is 28.8 Å². The van der Waals surface area contributed by atoms with Crippen LogP contribution < -0.4 is 20.1 Å². The van der Waals surface area contributed by atoms with Crippen LogP contribution in [-0.4, -0.2) is 42.8 Å². The Morgan fingerprint density at radius 1 is 1.10 bits per heavy atom. The summed E-state index contributed by atoms with van der Waals surface area (Å²) in [7, 11) is 0. The van der Waals surface area contributed by atoms with E-state index in [9.17, 15) is 8.76 Å². The van der Waals surface area contributed by atoms with Crippen molar-refractivity contribution in [3.05, 3.63) is 95.0 Å². The molecule has 0 spiro atoms. The fourth-order valence-electron chi connectivity index (χ4n) is 4.41. The van der Waals surface area contributed by atoms with Crippen molar-refractivity contribution in [1.29, 1.82) is 0 Å². The van der Waals surface area contributed by atoms with Crippen molar-refractivity contribution in [3.63, 3.8) is 0 Å². The summed E-state index contributed by atoms with van der Waals surface area (Å²) in [5.41, 5.74) is 1.92. The third-order valence-electron chi connectivity index (χ3n) is 6.27. The summed E-state index contributed by atoms with van der Waals surface area (Å²) in [6, 6.07) is 16.2. The fraction of sp³-hybridized carbons (Fsp3) is 0.222. The van der Waals surface area contributed by atoms with Gasteiger partial charge in [0, 0.05) is 36.2 Å². The monoisotopic (exact) mass is 567 g/mol. The van der Waals surface area contributed by atoms with Crippen molar-refractivity contribution in [3.8, 4) is 22.9 Å². The maximum Gasteiger partial charge on any atom is 0.228 e. The molecule has 0 amide bonds. The van der Waals surface area contributed by atoms with E-state index in [4.69, 9.17) is 16.3 Å². The molecule has 3 heterocycles. The second kappa shape index (κ2) is 12.6. The number of ether oxygens (including phenoxy) is 1. The molecular weight excluding hydrogens is 543 g/mol. The lowest BCUT2D eigenvalue weighted by molar-refractivity contribution is 0.428. The highest BCUT2D eigenvalue weighted by molar-refractivity contribution is 7.77. The molecule has 0 saturated carbocycles. The SMILES string of the molecule is O=S([O-])N[C@@H](c1ccccc1)c1ccc(Oc2ncccc2-c2ccnc(N[C@H]3CCCNC3)n2)c(F)c1Cl. The van der Waals surface area contributed by atoms with Gasteiger partial charge in [-0.05, 0) is 54.8 Å². The van der Waals surface area contributed by atoms with Crippen LogP contribution in [0.3, 0.4) is 0 Å². The first kappa shape index (κ1) is 27.1. The van der Waals surface area contributed by atoms with Gasteiger partial charge in [0.05, 0.1) is 22.3 Å². The second-order valence-electron chi connectivity index (χ2n) is 8.89. The number of hydrogen-bond acceptors (Lipinski definition) is 8. The van der Waals surface area contributed by atoms with Crippen molar-refractivity contribution in [2.45, 2.75) is 24.9 Å². The Bertz CT molecular complexity index is 1460. The van der Waals surface area contributed by atoms with Crippen LogP contribution in [0.15, 0.2) is 73.1 Å². The van der Waals surface area contributed by atoms with Crippen molar-refractivity contribution in [2.24, 2.45) is 0 Å². The van der Waals surface area contributed by atoms with Crippen LogP contribution in [0.4, 0.5) is 10.3 Å². The van der Waals surface area contributed by atoms with E-state index in [1.807, 2.05) is 0 Å². The van der Waals surface area contributed by atoms with Gasteiger partial charge in [0.25, 0.3) is 0 Å². The normalized spacial score (nSPS) is 16.8. The lowest BCUT2D eigenvalue weighted by atomic mass is 9.99. The molecule has 1 fully saturated rings. The zero-order chi connectivity index (χ0) is 27.2. The molecule has 4 aromatic rings. The Morgan fingerprint density at radius 2 is 1.95 bits per heavy atom.